The van der Waals surface area contributed by atoms with Crippen molar-refractivity contribution in [2.45, 2.75) is 19.4 Å². The van der Waals surface area contributed by atoms with Crippen molar-refractivity contribution in [1.29, 1.82) is 0 Å². The van der Waals surface area contributed by atoms with Crippen LogP contribution < -0.4 is 0 Å². The zero-order valence-electron chi connectivity index (χ0n) is 12.5. The van der Waals surface area contributed by atoms with Gasteiger partial charge >= 0.3 is 0 Å². The van der Waals surface area contributed by atoms with Gasteiger partial charge in [-0.25, -0.2) is 0 Å². The van der Waals surface area contributed by atoms with E-state index < -0.39 is 0 Å². The number of aliphatic hydroxyl groups is 1. The summed E-state index contributed by atoms with van der Waals surface area (Å²) in [5, 5.41) is 10.5. The Bertz CT molecular complexity index is 445. The summed E-state index contributed by atoms with van der Waals surface area (Å²) in [7, 11) is 0. The van der Waals surface area contributed by atoms with Crippen LogP contribution in [0.4, 0.5) is 0 Å². The summed E-state index contributed by atoms with van der Waals surface area (Å²) in [5.74, 6) is 1.04. The molecule has 21 heavy (non-hydrogen) atoms. The highest BCUT2D eigenvalue weighted by molar-refractivity contribution is 6.30. The fourth-order valence-electron chi connectivity index (χ4n) is 3.72. The van der Waals surface area contributed by atoms with Crippen LogP contribution in [0.15, 0.2) is 24.3 Å². The summed E-state index contributed by atoms with van der Waals surface area (Å²) in [6, 6.07) is 8.12. The molecule has 2 atom stereocenters. The molecule has 2 fully saturated rings. The third kappa shape index (κ3) is 3.98. The molecule has 1 N–H and O–H groups in total. The summed E-state index contributed by atoms with van der Waals surface area (Å²) >= 11 is 5.94. The molecule has 116 valence electrons. The molecule has 0 aliphatic carbocycles. The molecule has 2 aliphatic heterocycles. The highest BCUT2D eigenvalue weighted by atomic mass is 35.5. The Morgan fingerprint density at radius 2 is 1.67 bits per heavy atom. The Morgan fingerprint density at radius 3 is 2.33 bits per heavy atom. The third-order valence-corrected chi connectivity index (χ3v) is 5.15. The van der Waals surface area contributed by atoms with Crippen molar-refractivity contribution in [1.82, 2.24) is 9.80 Å². The fourth-order valence-corrected chi connectivity index (χ4v) is 3.85. The van der Waals surface area contributed by atoms with E-state index in [0.29, 0.717) is 18.4 Å². The maximum absolute atomic E-state index is 9.67. The molecule has 0 unspecified atom stereocenters. The van der Waals surface area contributed by atoms with Crippen molar-refractivity contribution < 1.29 is 5.11 Å². The zero-order chi connectivity index (χ0) is 14.7. The van der Waals surface area contributed by atoms with E-state index in [4.69, 9.17) is 11.6 Å². The minimum Gasteiger partial charge on any atom is -0.396 e. The molecule has 4 heteroatoms. The number of hydrogen-bond donors (Lipinski definition) is 1. The zero-order valence-corrected chi connectivity index (χ0v) is 13.3. The van der Waals surface area contributed by atoms with Gasteiger partial charge in [0, 0.05) is 37.8 Å². The molecule has 3 nitrogen and oxygen atoms in total. The van der Waals surface area contributed by atoms with Gasteiger partial charge in [-0.2, -0.15) is 0 Å². The lowest BCUT2D eigenvalue weighted by atomic mass is 9.96. The van der Waals surface area contributed by atoms with Gasteiger partial charge < -0.3 is 10.0 Å². The summed E-state index contributed by atoms with van der Waals surface area (Å²) in [6.45, 7) is 7.03. The number of likely N-dealkylation sites (tertiary alicyclic amines) is 2. The first-order valence-electron chi connectivity index (χ1n) is 8.04. The normalized spacial score (nSPS) is 27.5. The minimum absolute atomic E-state index is 0.315. The average Bonchev–Trinajstić information content (AvgIpc) is 3.12. The molecule has 2 aliphatic rings. The van der Waals surface area contributed by atoms with Crippen LogP contribution in [0.1, 0.15) is 18.4 Å². The summed E-state index contributed by atoms with van der Waals surface area (Å²) in [5.41, 5.74) is 1.30. The van der Waals surface area contributed by atoms with E-state index in [0.717, 1.165) is 31.2 Å². The highest BCUT2D eigenvalue weighted by Crippen LogP contribution is 2.27. The highest BCUT2D eigenvalue weighted by Gasteiger charge is 2.33. The summed E-state index contributed by atoms with van der Waals surface area (Å²) < 4.78 is 0. The minimum atomic E-state index is 0.315. The first-order chi connectivity index (χ1) is 10.2. The van der Waals surface area contributed by atoms with Gasteiger partial charge in [-0.15, -0.1) is 0 Å². The summed E-state index contributed by atoms with van der Waals surface area (Å²) in [4.78, 5) is 5.05. The predicted octanol–water partition coefficient (Wildman–Crippen LogP) is 2.48. The van der Waals surface area contributed by atoms with Gasteiger partial charge in [0.25, 0.3) is 0 Å². The van der Waals surface area contributed by atoms with E-state index in [-0.39, 0.29) is 0 Å². The van der Waals surface area contributed by atoms with Crippen molar-refractivity contribution in [2.24, 2.45) is 11.8 Å². The van der Waals surface area contributed by atoms with Gasteiger partial charge in [-0.3, -0.25) is 4.90 Å². The number of hydrogen-bond acceptors (Lipinski definition) is 3. The molecule has 1 aromatic carbocycles. The quantitative estimate of drug-likeness (QED) is 0.905. The molecule has 0 amide bonds. The molecular weight excluding hydrogens is 284 g/mol. The van der Waals surface area contributed by atoms with Crippen molar-refractivity contribution in [3.05, 3.63) is 34.9 Å². The predicted molar refractivity (Wildman–Crippen MR) is 86.5 cm³/mol. The number of nitrogens with zero attached hydrogens (tertiary/aromatic N) is 2. The van der Waals surface area contributed by atoms with Gasteiger partial charge in [0.2, 0.25) is 0 Å². The van der Waals surface area contributed by atoms with E-state index in [9.17, 15) is 5.11 Å². The van der Waals surface area contributed by atoms with Crippen LogP contribution in [0.5, 0.6) is 0 Å². The lowest BCUT2D eigenvalue weighted by molar-refractivity contribution is 0.175. The lowest BCUT2D eigenvalue weighted by Gasteiger charge is -2.23. The number of aliphatic hydroxyl groups excluding tert-OH is 1. The van der Waals surface area contributed by atoms with E-state index in [1.54, 1.807) is 0 Å². The number of rotatable bonds is 5. The van der Waals surface area contributed by atoms with Crippen molar-refractivity contribution in [2.75, 3.05) is 39.3 Å². The first-order valence-corrected chi connectivity index (χ1v) is 8.42. The Hall–Kier alpha value is -0.610. The molecule has 3 rings (SSSR count). The Morgan fingerprint density at radius 1 is 1.00 bits per heavy atom. The monoisotopic (exact) mass is 308 g/mol. The molecule has 1 aromatic rings. The SMILES string of the molecule is OC[C@@H]1CN(Cc2ccc(Cl)cc2)C[C@@H]1CN1CCCC1. The van der Waals surface area contributed by atoms with Gasteiger partial charge in [0.15, 0.2) is 0 Å². The van der Waals surface area contributed by atoms with Gasteiger partial charge in [0.1, 0.15) is 0 Å². The van der Waals surface area contributed by atoms with E-state index in [2.05, 4.69) is 21.9 Å². The van der Waals surface area contributed by atoms with E-state index in [1.165, 1.54) is 31.5 Å². The molecule has 0 aromatic heterocycles. The number of halogens is 1. The molecular formula is C17H25ClN2O. The third-order valence-electron chi connectivity index (χ3n) is 4.90. The Kier molecular flexibility index (Phi) is 5.17. The Labute approximate surface area is 132 Å². The van der Waals surface area contributed by atoms with Crippen molar-refractivity contribution >= 4 is 11.6 Å². The van der Waals surface area contributed by atoms with Crippen LogP contribution in [0.3, 0.4) is 0 Å². The molecule has 0 bridgehead atoms. The molecule has 2 heterocycles. The second kappa shape index (κ2) is 7.10. The van der Waals surface area contributed by atoms with Crippen molar-refractivity contribution in [3.8, 4) is 0 Å². The number of benzene rings is 1. The van der Waals surface area contributed by atoms with Crippen molar-refractivity contribution in [3.63, 3.8) is 0 Å². The maximum atomic E-state index is 9.67. The van der Waals surface area contributed by atoms with Crippen LogP contribution >= 0.6 is 11.6 Å². The molecule has 2 saturated heterocycles. The lowest BCUT2D eigenvalue weighted by Crippen LogP contribution is -2.31. The van der Waals surface area contributed by atoms with Crippen LogP contribution in [0, 0.1) is 11.8 Å². The largest absolute Gasteiger partial charge is 0.396 e. The standard InChI is InChI=1S/C17H25ClN2O/c18-17-5-3-14(4-6-17)9-20-11-15(16(12-20)13-21)10-19-7-1-2-8-19/h3-6,15-16,21H,1-2,7-13H2/t15-,16-/m0/s1. The van der Waals surface area contributed by atoms with E-state index >= 15 is 0 Å². The molecule has 0 spiro atoms. The van der Waals surface area contributed by atoms with Crippen LogP contribution in [-0.2, 0) is 6.54 Å². The topological polar surface area (TPSA) is 26.7 Å². The molecule has 0 radical (unpaired) electrons. The van der Waals surface area contributed by atoms with Crippen LogP contribution in [0.25, 0.3) is 0 Å². The van der Waals surface area contributed by atoms with Crippen LogP contribution in [-0.4, -0.2) is 54.2 Å². The first kappa shape index (κ1) is 15.3. The van der Waals surface area contributed by atoms with Gasteiger partial charge in [-0.05, 0) is 55.5 Å². The van der Waals surface area contributed by atoms with Gasteiger partial charge in [0.05, 0.1) is 0 Å². The maximum Gasteiger partial charge on any atom is 0.0475 e. The smallest absolute Gasteiger partial charge is 0.0475 e. The van der Waals surface area contributed by atoms with E-state index in [1.807, 2.05) is 12.1 Å². The van der Waals surface area contributed by atoms with Crippen LogP contribution in [0.2, 0.25) is 5.02 Å². The van der Waals surface area contributed by atoms with Gasteiger partial charge in [-0.1, -0.05) is 23.7 Å². The average molecular weight is 309 g/mol. The Balaban J connectivity index is 1.56. The second-order valence-corrected chi connectivity index (χ2v) is 6.97. The summed E-state index contributed by atoms with van der Waals surface area (Å²) in [6.07, 6.45) is 2.68. The fraction of sp³-hybridized carbons (Fsp3) is 0.647. The second-order valence-electron chi connectivity index (χ2n) is 6.53. The molecule has 0 saturated carbocycles.